The van der Waals surface area contributed by atoms with Gasteiger partial charge < -0.3 is 19.5 Å². The van der Waals surface area contributed by atoms with Gasteiger partial charge in [-0.2, -0.15) is 0 Å². The summed E-state index contributed by atoms with van der Waals surface area (Å²) >= 11 is 0. The average molecular weight is 355 g/mol. The van der Waals surface area contributed by atoms with E-state index in [4.69, 9.17) is 9.47 Å². The second-order valence-corrected chi connectivity index (χ2v) is 6.62. The van der Waals surface area contributed by atoms with E-state index in [1.807, 2.05) is 41.3 Å². The Hall–Kier alpha value is -2.53. The fourth-order valence-electron chi connectivity index (χ4n) is 3.71. The lowest BCUT2D eigenvalue weighted by Crippen LogP contribution is -2.53. The van der Waals surface area contributed by atoms with Gasteiger partial charge in [-0.05, 0) is 24.5 Å². The predicted molar refractivity (Wildman–Crippen MR) is 99.4 cm³/mol. The number of aliphatic hydroxyl groups is 1. The summed E-state index contributed by atoms with van der Waals surface area (Å²) in [7, 11) is 3.15. The fourth-order valence-corrected chi connectivity index (χ4v) is 3.71. The molecule has 2 aromatic carbocycles. The van der Waals surface area contributed by atoms with Gasteiger partial charge in [0.15, 0.2) is 0 Å². The van der Waals surface area contributed by atoms with Crippen molar-refractivity contribution in [3.63, 3.8) is 0 Å². The van der Waals surface area contributed by atoms with Crippen molar-refractivity contribution in [1.29, 1.82) is 0 Å². The summed E-state index contributed by atoms with van der Waals surface area (Å²) in [6.45, 7) is 0.980. The molecule has 0 radical (unpaired) electrons. The van der Waals surface area contributed by atoms with Crippen molar-refractivity contribution >= 4 is 5.91 Å². The normalized spacial score (nSPS) is 20.1. The largest absolute Gasteiger partial charge is 0.497 e. The smallest absolute Gasteiger partial charge is 0.236 e. The molecule has 1 aliphatic heterocycles. The second kappa shape index (κ2) is 7.79. The highest BCUT2D eigenvalue weighted by molar-refractivity contribution is 5.90. The van der Waals surface area contributed by atoms with Crippen LogP contribution in [0.5, 0.6) is 11.5 Å². The molecular formula is C21H25NO4. The van der Waals surface area contributed by atoms with Crippen LogP contribution in [0.1, 0.15) is 24.0 Å². The average Bonchev–Trinajstić information content (AvgIpc) is 2.70. The molecule has 3 rings (SSSR count). The minimum Gasteiger partial charge on any atom is -0.497 e. The van der Waals surface area contributed by atoms with Crippen LogP contribution >= 0.6 is 0 Å². The minimum atomic E-state index is -0.982. The topological polar surface area (TPSA) is 59.0 Å². The zero-order valence-corrected chi connectivity index (χ0v) is 15.3. The third-order valence-corrected chi connectivity index (χ3v) is 5.14. The van der Waals surface area contributed by atoms with Crippen molar-refractivity contribution in [3.8, 4) is 11.5 Å². The van der Waals surface area contributed by atoms with Gasteiger partial charge in [0.2, 0.25) is 5.91 Å². The number of carbonyl (C=O) groups excluding carboxylic acids is 1. The molecule has 1 unspecified atom stereocenters. The molecule has 1 atom stereocenters. The lowest BCUT2D eigenvalue weighted by atomic mass is 9.73. The number of benzene rings is 2. The maximum atomic E-state index is 13.4. The first-order valence-electron chi connectivity index (χ1n) is 8.81. The van der Waals surface area contributed by atoms with Gasteiger partial charge in [0.1, 0.15) is 16.9 Å². The Morgan fingerprint density at radius 2 is 1.88 bits per heavy atom. The summed E-state index contributed by atoms with van der Waals surface area (Å²) in [5.41, 5.74) is 0.812. The zero-order valence-electron chi connectivity index (χ0n) is 15.3. The number of amides is 1. The number of aliphatic hydroxyl groups excluding tert-OH is 1. The van der Waals surface area contributed by atoms with Gasteiger partial charge in [-0.15, -0.1) is 0 Å². The number of hydrogen-bond donors (Lipinski definition) is 1. The predicted octanol–water partition coefficient (Wildman–Crippen LogP) is 2.76. The molecule has 5 nitrogen and oxygen atoms in total. The van der Waals surface area contributed by atoms with E-state index in [1.54, 1.807) is 26.4 Å². The van der Waals surface area contributed by atoms with Gasteiger partial charge in [0.05, 0.1) is 20.8 Å². The van der Waals surface area contributed by atoms with Crippen LogP contribution in [0.3, 0.4) is 0 Å². The Morgan fingerprint density at radius 3 is 2.54 bits per heavy atom. The number of rotatable bonds is 6. The van der Waals surface area contributed by atoms with E-state index in [1.165, 1.54) is 0 Å². The first-order chi connectivity index (χ1) is 12.6. The van der Waals surface area contributed by atoms with Crippen molar-refractivity contribution in [1.82, 2.24) is 4.90 Å². The molecule has 1 N–H and O–H groups in total. The molecule has 1 amide bonds. The molecule has 1 saturated heterocycles. The van der Waals surface area contributed by atoms with Crippen LogP contribution < -0.4 is 9.47 Å². The van der Waals surface area contributed by atoms with Crippen LogP contribution in [-0.4, -0.2) is 43.3 Å². The quantitative estimate of drug-likeness (QED) is 0.866. The Labute approximate surface area is 154 Å². The molecule has 1 aliphatic rings. The number of likely N-dealkylation sites (tertiary alicyclic amines) is 1. The molecule has 0 bridgehead atoms. The van der Waals surface area contributed by atoms with E-state index in [9.17, 15) is 9.90 Å². The van der Waals surface area contributed by atoms with Gasteiger partial charge in [0.25, 0.3) is 0 Å². The van der Waals surface area contributed by atoms with Crippen LogP contribution in [-0.2, 0) is 16.8 Å². The number of nitrogens with zero attached hydrogens (tertiary/aromatic N) is 1. The lowest BCUT2D eigenvalue weighted by Gasteiger charge is -2.41. The van der Waals surface area contributed by atoms with Crippen LogP contribution in [0.2, 0.25) is 0 Å². The monoisotopic (exact) mass is 355 g/mol. The third-order valence-electron chi connectivity index (χ3n) is 5.14. The molecule has 138 valence electrons. The molecular weight excluding hydrogens is 330 g/mol. The van der Waals surface area contributed by atoms with Crippen LogP contribution in [0.4, 0.5) is 0 Å². The summed E-state index contributed by atoms with van der Waals surface area (Å²) in [6.07, 6.45) is 1.42. The number of ether oxygens (including phenoxy) is 2. The fraction of sp³-hybridized carbons (Fsp3) is 0.381. The molecule has 26 heavy (non-hydrogen) atoms. The highest BCUT2D eigenvalue weighted by Crippen LogP contribution is 2.41. The minimum absolute atomic E-state index is 0.0569. The first-order valence-corrected chi connectivity index (χ1v) is 8.81. The highest BCUT2D eigenvalue weighted by Gasteiger charge is 2.46. The zero-order chi connectivity index (χ0) is 18.6. The summed E-state index contributed by atoms with van der Waals surface area (Å²) < 4.78 is 10.8. The maximum absolute atomic E-state index is 13.4. The van der Waals surface area contributed by atoms with E-state index in [2.05, 4.69) is 0 Å². The van der Waals surface area contributed by atoms with E-state index >= 15 is 0 Å². The van der Waals surface area contributed by atoms with E-state index in [0.29, 0.717) is 36.6 Å². The maximum Gasteiger partial charge on any atom is 0.236 e. The Morgan fingerprint density at radius 1 is 1.12 bits per heavy atom. The van der Waals surface area contributed by atoms with Gasteiger partial charge in [-0.3, -0.25) is 4.79 Å². The number of methoxy groups -OCH3 is 2. The van der Waals surface area contributed by atoms with Crippen molar-refractivity contribution in [2.45, 2.75) is 24.8 Å². The standard InChI is InChI=1S/C21H25NO4/c1-25-17-9-10-18(19(13-17)26-2)21(15-23)11-6-12-22(20(21)24)14-16-7-4-3-5-8-16/h3-5,7-10,13,23H,6,11-12,14-15H2,1-2H3. The Bertz CT molecular complexity index is 762. The first kappa shape index (κ1) is 18.3. The molecule has 0 aliphatic carbocycles. The molecule has 5 heteroatoms. The van der Waals surface area contributed by atoms with Crippen LogP contribution in [0, 0.1) is 0 Å². The van der Waals surface area contributed by atoms with Gasteiger partial charge >= 0.3 is 0 Å². The highest BCUT2D eigenvalue weighted by atomic mass is 16.5. The van der Waals surface area contributed by atoms with Crippen molar-refractivity contribution in [2.24, 2.45) is 0 Å². The Balaban J connectivity index is 1.96. The molecule has 1 heterocycles. The number of carbonyl (C=O) groups is 1. The van der Waals surface area contributed by atoms with Crippen molar-refractivity contribution in [2.75, 3.05) is 27.4 Å². The van der Waals surface area contributed by atoms with Crippen LogP contribution in [0.15, 0.2) is 48.5 Å². The van der Waals surface area contributed by atoms with E-state index in [0.717, 1.165) is 12.0 Å². The SMILES string of the molecule is COc1ccc(C2(CO)CCCN(Cc3ccccc3)C2=O)c(OC)c1. The second-order valence-electron chi connectivity index (χ2n) is 6.62. The lowest BCUT2D eigenvalue weighted by molar-refractivity contribution is -0.143. The summed E-state index contributed by atoms with van der Waals surface area (Å²) in [6, 6.07) is 15.3. The molecule has 1 fully saturated rings. The van der Waals surface area contributed by atoms with E-state index < -0.39 is 5.41 Å². The van der Waals surface area contributed by atoms with Gasteiger partial charge in [0, 0.05) is 24.7 Å². The van der Waals surface area contributed by atoms with E-state index in [-0.39, 0.29) is 12.5 Å². The van der Waals surface area contributed by atoms with Crippen molar-refractivity contribution in [3.05, 3.63) is 59.7 Å². The van der Waals surface area contributed by atoms with Crippen molar-refractivity contribution < 1.29 is 19.4 Å². The van der Waals surface area contributed by atoms with Gasteiger partial charge in [-0.25, -0.2) is 0 Å². The van der Waals surface area contributed by atoms with Gasteiger partial charge in [-0.1, -0.05) is 36.4 Å². The summed E-state index contributed by atoms with van der Waals surface area (Å²) in [4.78, 5) is 15.2. The number of hydrogen-bond acceptors (Lipinski definition) is 4. The van der Waals surface area contributed by atoms with Crippen LogP contribution in [0.25, 0.3) is 0 Å². The molecule has 0 spiro atoms. The molecule has 0 aromatic heterocycles. The number of piperidine rings is 1. The third kappa shape index (κ3) is 3.27. The Kier molecular flexibility index (Phi) is 5.47. The molecule has 0 saturated carbocycles. The summed E-state index contributed by atoms with van der Waals surface area (Å²) in [5.74, 6) is 1.16. The summed E-state index contributed by atoms with van der Waals surface area (Å²) in [5, 5.41) is 10.3. The molecule has 2 aromatic rings.